The van der Waals surface area contributed by atoms with Crippen LogP contribution in [0.1, 0.15) is 20.3 Å². The Balaban J connectivity index is 1.84. The molecule has 118 valence electrons. The van der Waals surface area contributed by atoms with E-state index in [1.54, 1.807) is 13.0 Å². The highest BCUT2D eigenvalue weighted by molar-refractivity contribution is 5.88. The van der Waals surface area contributed by atoms with E-state index in [0.717, 1.165) is 5.56 Å². The molecule has 2 aromatic rings. The lowest BCUT2D eigenvalue weighted by Crippen LogP contribution is -2.33. The van der Waals surface area contributed by atoms with Gasteiger partial charge in [-0.2, -0.15) is 0 Å². The van der Waals surface area contributed by atoms with Crippen molar-refractivity contribution >= 4 is 11.8 Å². The van der Waals surface area contributed by atoms with E-state index in [2.05, 4.69) is 15.8 Å². The molecule has 0 radical (unpaired) electrons. The van der Waals surface area contributed by atoms with Gasteiger partial charge in [-0.1, -0.05) is 42.4 Å². The molecule has 0 saturated heterocycles. The van der Waals surface area contributed by atoms with E-state index in [1.807, 2.05) is 37.3 Å². The van der Waals surface area contributed by atoms with Crippen LogP contribution in [0.4, 0.5) is 10.6 Å². The van der Waals surface area contributed by atoms with Crippen LogP contribution in [-0.4, -0.2) is 28.9 Å². The lowest BCUT2D eigenvalue weighted by atomic mass is 10.1. The average Bonchev–Trinajstić information content (AvgIpc) is 2.94. The van der Waals surface area contributed by atoms with Gasteiger partial charge in [0.05, 0.1) is 6.10 Å². The van der Waals surface area contributed by atoms with Crippen LogP contribution < -0.4 is 10.6 Å². The van der Waals surface area contributed by atoms with Crippen molar-refractivity contribution in [1.29, 1.82) is 0 Å². The summed E-state index contributed by atoms with van der Waals surface area (Å²) in [6.07, 6.45) is 0.270. The Labute approximate surface area is 129 Å². The maximum atomic E-state index is 11.8. The number of benzene rings is 1. The van der Waals surface area contributed by atoms with Crippen molar-refractivity contribution in [1.82, 2.24) is 10.5 Å². The topological polar surface area (TPSA) is 87.4 Å². The van der Waals surface area contributed by atoms with Crippen molar-refractivity contribution in [2.75, 3.05) is 11.9 Å². The van der Waals surface area contributed by atoms with Crippen LogP contribution in [0.5, 0.6) is 0 Å². The molecule has 2 atom stereocenters. The Morgan fingerprint density at radius 3 is 2.73 bits per heavy atom. The van der Waals surface area contributed by atoms with Crippen LogP contribution in [0.3, 0.4) is 0 Å². The zero-order chi connectivity index (χ0) is 15.9. The Bertz CT molecular complexity index is 596. The van der Waals surface area contributed by atoms with Crippen molar-refractivity contribution in [2.45, 2.75) is 26.4 Å². The van der Waals surface area contributed by atoms with Gasteiger partial charge in [-0.25, -0.2) is 4.79 Å². The van der Waals surface area contributed by atoms with Gasteiger partial charge in [-0.05, 0) is 19.3 Å². The van der Waals surface area contributed by atoms with Crippen LogP contribution in [0.2, 0.25) is 0 Å². The number of amides is 2. The lowest BCUT2D eigenvalue weighted by Gasteiger charge is -2.13. The Hall–Kier alpha value is -2.34. The molecule has 22 heavy (non-hydrogen) atoms. The molecular weight excluding hydrogens is 282 g/mol. The van der Waals surface area contributed by atoms with Crippen LogP contribution in [-0.2, 0) is 0 Å². The van der Waals surface area contributed by atoms with Crippen molar-refractivity contribution in [3.63, 3.8) is 0 Å². The Morgan fingerprint density at radius 1 is 1.32 bits per heavy atom. The Morgan fingerprint density at radius 2 is 2.05 bits per heavy atom. The smallest absolute Gasteiger partial charge is 0.320 e. The lowest BCUT2D eigenvalue weighted by molar-refractivity contribution is 0.163. The van der Waals surface area contributed by atoms with Crippen molar-refractivity contribution in [3.8, 4) is 11.3 Å². The number of urea groups is 1. The summed E-state index contributed by atoms with van der Waals surface area (Å²) in [7, 11) is 0. The molecular formula is C16H21N3O3. The summed E-state index contributed by atoms with van der Waals surface area (Å²) in [5.41, 5.74) is 0.897. The first kappa shape index (κ1) is 16.0. The normalized spacial score (nSPS) is 13.4. The standard InChI is InChI=1S/C16H21N3O3/c1-11(8-12(2)20)10-17-16(21)18-15-9-14(22-19-15)13-6-4-3-5-7-13/h3-7,9,11-12,20H,8,10H2,1-2H3,(H2,17,18,19,21). The van der Waals surface area contributed by atoms with Gasteiger partial charge >= 0.3 is 6.03 Å². The van der Waals surface area contributed by atoms with Gasteiger partial charge in [0.25, 0.3) is 0 Å². The number of anilines is 1. The second-order valence-electron chi connectivity index (χ2n) is 5.47. The molecule has 0 aliphatic rings. The first-order valence-corrected chi connectivity index (χ1v) is 7.29. The number of nitrogens with one attached hydrogen (secondary N) is 2. The largest absolute Gasteiger partial charge is 0.393 e. The monoisotopic (exact) mass is 303 g/mol. The van der Waals surface area contributed by atoms with E-state index >= 15 is 0 Å². The van der Waals surface area contributed by atoms with Gasteiger partial charge < -0.3 is 14.9 Å². The highest BCUT2D eigenvalue weighted by Crippen LogP contribution is 2.21. The summed E-state index contributed by atoms with van der Waals surface area (Å²) < 4.78 is 5.20. The number of nitrogens with zero attached hydrogens (tertiary/aromatic N) is 1. The van der Waals surface area contributed by atoms with E-state index in [1.165, 1.54) is 0 Å². The van der Waals surface area contributed by atoms with E-state index in [4.69, 9.17) is 4.52 Å². The highest BCUT2D eigenvalue weighted by Gasteiger charge is 2.11. The summed E-state index contributed by atoms with van der Waals surface area (Å²) in [6.45, 7) is 4.19. The van der Waals surface area contributed by atoms with Gasteiger partial charge in [0.1, 0.15) is 0 Å². The van der Waals surface area contributed by atoms with E-state index in [0.29, 0.717) is 24.5 Å². The van der Waals surface area contributed by atoms with Crippen LogP contribution in [0.25, 0.3) is 11.3 Å². The van der Waals surface area contributed by atoms with Crippen LogP contribution in [0.15, 0.2) is 40.9 Å². The molecule has 6 nitrogen and oxygen atoms in total. The number of hydrogen-bond acceptors (Lipinski definition) is 4. The first-order chi connectivity index (χ1) is 10.5. The minimum absolute atomic E-state index is 0.197. The second-order valence-corrected chi connectivity index (χ2v) is 5.47. The number of aromatic nitrogens is 1. The molecule has 6 heteroatoms. The Kier molecular flexibility index (Phi) is 5.55. The quantitative estimate of drug-likeness (QED) is 0.765. The molecule has 0 aliphatic carbocycles. The molecule has 2 unspecified atom stereocenters. The van der Waals surface area contributed by atoms with Gasteiger partial charge in [0.2, 0.25) is 0 Å². The molecule has 0 spiro atoms. The average molecular weight is 303 g/mol. The molecule has 0 fully saturated rings. The van der Waals surface area contributed by atoms with Crippen molar-refractivity contribution in [3.05, 3.63) is 36.4 Å². The minimum atomic E-state index is -0.371. The van der Waals surface area contributed by atoms with Gasteiger partial charge in [0, 0.05) is 18.2 Å². The van der Waals surface area contributed by atoms with E-state index in [9.17, 15) is 9.90 Å². The zero-order valence-electron chi connectivity index (χ0n) is 12.7. The molecule has 0 saturated carbocycles. The molecule has 1 heterocycles. The maximum Gasteiger partial charge on any atom is 0.320 e. The first-order valence-electron chi connectivity index (χ1n) is 7.29. The van der Waals surface area contributed by atoms with Crippen molar-refractivity contribution in [2.24, 2.45) is 5.92 Å². The van der Waals surface area contributed by atoms with Gasteiger partial charge in [0.15, 0.2) is 11.6 Å². The number of carbonyl (C=O) groups excluding carboxylic acids is 1. The van der Waals surface area contributed by atoms with E-state index < -0.39 is 0 Å². The number of rotatable bonds is 6. The molecule has 3 N–H and O–H groups in total. The summed E-state index contributed by atoms with van der Waals surface area (Å²) >= 11 is 0. The third-order valence-electron chi connectivity index (χ3n) is 3.16. The fourth-order valence-corrected chi connectivity index (χ4v) is 2.17. The summed E-state index contributed by atoms with van der Waals surface area (Å²) in [6, 6.07) is 10.9. The minimum Gasteiger partial charge on any atom is -0.393 e. The van der Waals surface area contributed by atoms with Crippen LogP contribution >= 0.6 is 0 Å². The number of carbonyl (C=O) groups is 1. The molecule has 0 aliphatic heterocycles. The molecule has 1 aromatic carbocycles. The van der Waals surface area contributed by atoms with Crippen molar-refractivity contribution < 1.29 is 14.4 Å². The third-order valence-corrected chi connectivity index (χ3v) is 3.16. The zero-order valence-corrected chi connectivity index (χ0v) is 12.7. The van der Waals surface area contributed by atoms with Gasteiger partial charge in [-0.3, -0.25) is 5.32 Å². The van der Waals surface area contributed by atoms with Crippen LogP contribution in [0, 0.1) is 5.92 Å². The second kappa shape index (κ2) is 7.61. The molecule has 0 bridgehead atoms. The number of hydrogen-bond donors (Lipinski definition) is 3. The summed E-state index contributed by atoms with van der Waals surface area (Å²) in [5, 5.41) is 18.5. The fraction of sp³-hybridized carbons (Fsp3) is 0.375. The predicted octanol–water partition coefficient (Wildman–Crippen LogP) is 2.87. The maximum absolute atomic E-state index is 11.8. The predicted molar refractivity (Wildman–Crippen MR) is 84.4 cm³/mol. The molecule has 2 rings (SSSR count). The van der Waals surface area contributed by atoms with Gasteiger partial charge in [-0.15, -0.1) is 0 Å². The third kappa shape index (κ3) is 4.89. The molecule has 1 aromatic heterocycles. The SMILES string of the molecule is CC(O)CC(C)CNC(=O)Nc1cc(-c2ccccc2)on1. The highest BCUT2D eigenvalue weighted by atomic mass is 16.5. The summed E-state index contributed by atoms with van der Waals surface area (Å²) in [4.78, 5) is 11.8. The summed E-state index contributed by atoms with van der Waals surface area (Å²) in [5.74, 6) is 1.15. The number of aliphatic hydroxyl groups is 1. The molecule has 2 amide bonds. The fourth-order valence-electron chi connectivity index (χ4n) is 2.17. The number of aliphatic hydroxyl groups excluding tert-OH is 1. The van der Waals surface area contributed by atoms with E-state index in [-0.39, 0.29) is 18.1 Å².